The molecule has 3 nitrogen and oxygen atoms in total. The van der Waals surface area contributed by atoms with Gasteiger partial charge in [-0.25, -0.2) is 4.39 Å². The normalized spacial score (nSPS) is 19.1. The number of benzene rings is 1. The first kappa shape index (κ1) is 16.9. The summed E-state index contributed by atoms with van der Waals surface area (Å²) in [7, 11) is 0. The predicted octanol–water partition coefficient (Wildman–Crippen LogP) is 2.86. The van der Waals surface area contributed by atoms with E-state index in [1.54, 1.807) is 0 Å². The quantitative estimate of drug-likeness (QED) is 0.879. The van der Waals surface area contributed by atoms with Gasteiger partial charge < -0.3 is 10.6 Å². The molecular formula is C16H25BrFN3. The summed E-state index contributed by atoms with van der Waals surface area (Å²) in [6, 6.07) is 5.38. The SMILES string of the molecule is CC(C)CN1CCN(C(CN)c2ccc(F)c(Br)c2)CC1. The Morgan fingerprint density at radius 3 is 2.43 bits per heavy atom. The van der Waals surface area contributed by atoms with Crippen molar-refractivity contribution in [2.75, 3.05) is 39.3 Å². The van der Waals surface area contributed by atoms with Crippen molar-refractivity contribution in [2.45, 2.75) is 19.9 Å². The summed E-state index contributed by atoms with van der Waals surface area (Å²) < 4.78 is 13.9. The van der Waals surface area contributed by atoms with Crippen molar-refractivity contribution in [3.63, 3.8) is 0 Å². The third kappa shape index (κ3) is 4.49. The molecule has 2 N–H and O–H groups in total. The molecule has 0 saturated carbocycles. The molecule has 0 spiro atoms. The van der Waals surface area contributed by atoms with Gasteiger partial charge in [-0.2, -0.15) is 0 Å². The summed E-state index contributed by atoms with van der Waals surface area (Å²) in [4.78, 5) is 4.92. The van der Waals surface area contributed by atoms with Gasteiger partial charge in [-0.05, 0) is 39.5 Å². The molecule has 1 aliphatic heterocycles. The summed E-state index contributed by atoms with van der Waals surface area (Å²) in [6.07, 6.45) is 0. The fraction of sp³-hybridized carbons (Fsp3) is 0.625. The number of rotatable bonds is 5. The second-order valence-electron chi connectivity index (χ2n) is 6.16. The van der Waals surface area contributed by atoms with Crippen molar-refractivity contribution in [2.24, 2.45) is 11.7 Å². The molecular weight excluding hydrogens is 333 g/mol. The van der Waals surface area contributed by atoms with Crippen LogP contribution in [0.4, 0.5) is 4.39 Å². The second kappa shape index (κ2) is 7.68. The van der Waals surface area contributed by atoms with Crippen LogP contribution >= 0.6 is 15.9 Å². The third-order valence-electron chi connectivity index (χ3n) is 4.02. The van der Waals surface area contributed by atoms with Gasteiger partial charge in [-0.3, -0.25) is 4.90 Å². The Morgan fingerprint density at radius 2 is 1.90 bits per heavy atom. The van der Waals surface area contributed by atoms with Gasteiger partial charge in [0.1, 0.15) is 5.82 Å². The summed E-state index contributed by atoms with van der Waals surface area (Å²) in [5, 5.41) is 0. The van der Waals surface area contributed by atoms with E-state index in [0.717, 1.165) is 38.3 Å². The zero-order chi connectivity index (χ0) is 15.4. The maximum Gasteiger partial charge on any atom is 0.137 e. The minimum Gasteiger partial charge on any atom is -0.329 e. The number of nitrogens with two attached hydrogens (primary N) is 1. The minimum atomic E-state index is -0.226. The van der Waals surface area contributed by atoms with E-state index < -0.39 is 0 Å². The van der Waals surface area contributed by atoms with Gasteiger partial charge in [-0.1, -0.05) is 19.9 Å². The van der Waals surface area contributed by atoms with Crippen LogP contribution in [0.3, 0.4) is 0 Å². The molecule has 1 saturated heterocycles. The molecule has 5 heteroatoms. The first-order chi connectivity index (χ1) is 10.0. The first-order valence-electron chi connectivity index (χ1n) is 7.62. The van der Waals surface area contributed by atoms with Crippen LogP contribution in [0.25, 0.3) is 0 Å². The molecule has 118 valence electrons. The van der Waals surface area contributed by atoms with Gasteiger partial charge in [0.25, 0.3) is 0 Å². The smallest absolute Gasteiger partial charge is 0.137 e. The molecule has 0 aliphatic carbocycles. The van der Waals surface area contributed by atoms with Crippen LogP contribution in [-0.4, -0.2) is 49.1 Å². The summed E-state index contributed by atoms with van der Waals surface area (Å²) >= 11 is 3.26. The highest BCUT2D eigenvalue weighted by molar-refractivity contribution is 9.10. The molecule has 21 heavy (non-hydrogen) atoms. The standard InChI is InChI=1S/C16H25BrFN3/c1-12(2)11-20-5-7-21(8-6-20)16(10-19)13-3-4-15(18)14(17)9-13/h3-4,9,12,16H,5-8,10-11,19H2,1-2H3. The highest BCUT2D eigenvalue weighted by Crippen LogP contribution is 2.25. The van der Waals surface area contributed by atoms with Crippen molar-refractivity contribution in [1.82, 2.24) is 9.80 Å². The van der Waals surface area contributed by atoms with Crippen molar-refractivity contribution in [1.29, 1.82) is 0 Å². The monoisotopic (exact) mass is 357 g/mol. The Bertz CT molecular complexity index is 459. The largest absolute Gasteiger partial charge is 0.329 e. The van der Waals surface area contributed by atoms with E-state index in [1.165, 1.54) is 6.07 Å². The summed E-state index contributed by atoms with van der Waals surface area (Å²) in [5.41, 5.74) is 7.06. The van der Waals surface area contributed by atoms with Crippen LogP contribution in [0.5, 0.6) is 0 Å². The molecule has 1 aromatic carbocycles. The fourth-order valence-corrected chi connectivity index (χ4v) is 3.39. The van der Waals surface area contributed by atoms with Crippen LogP contribution in [0.1, 0.15) is 25.5 Å². The first-order valence-corrected chi connectivity index (χ1v) is 8.42. The van der Waals surface area contributed by atoms with E-state index in [2.05, 4.69) is 39.6 Å². The van der Waals surface area contributed by atoms with Crippen LogP contribution in [-0.2, 0) is 0 Å². The van der Waals surface area contributed by atoms with Crippen LogP contribution in [0.15, 0.2) is 22.7 Å². The molecule has 1 unspecified atom stereocenters. The predicted molar refractivity (Wildman–Crippen MR) is 88.7 cm³/mol. The van der Waals surface area contributed by atoms with Crippen molar-refractivity contribution in [3.05, 3.63) is 34.1 Å². The summed E-state index contributed by atoms with van der Waals surface area (Å²) in [6.45, 7) is 10.4. The number of hydrogen-bond acceptors (Lipinski definition) is 3. The maximum atomic E-state index is 13.4. The molecule has 1 heterocycles. The molecule has 0 radical (unpaired) electrons. The molecule has 0 bridgehead atoms. The lowest BCUT2D eigenvalue weighted by Gasteiger charge is -2.39. The van der Waals surface area contributed by atoms with Gasteiger partial charge >= 0.3 is 0 Å². The van der Waals surface area contributed by atoms with Gasteiger partial charge in [0.15, 0.2) is 0 Å². The highest BCUT2D eigenvalue weighted by Gasteiger charge is 2.24. The van der Waals surface area contributed by atoms with E-state index in [4.69, 9.17) is 5.73 Å². The van der Waals surface area contributed by atoms with Gasteiger partial charge in [0.2, 0.25) is 0 Å². The zero-order valence-electron chi connectivity index (χ0n) is 12.9. The highest BCUT2D eigenvalue weighted by atomic mass is 79.9. The van der Waals surface area contributed by atoms with Gasteiger partial charge in [-0.15, -0.1) is 0 Å². The average Bonchev–Trinajstić information content (AvgIpc) is 2.45. The molecule has 2 rings (SSSR count). The Kier molecular flexibility index (Phi) is 6.17. The lowest BCUT2D eigenvalue weighted by Crippen LogP contribution is -2.49. The van der Waals surface area contributed by atoms with Crippen molar-refractivity contribution in [3.8, 4) is 0 Å². The number of piperazine rings is 1. The fourth-order valence-electron chi connectivity index (χ4n) is 2.99. The lowest BCUT2D eigenvalue weighted by atomic mass is 10.0. The number of hydrogen-bond donors (Lipinski definition) is 1. The van der Waals surface area contributed by atoms with E-state index in [1.807, 2.05) is 12.1 Å². The lowest BCUT2D eigenvalue weighted by molar-refractivity contribution is 0.0912. The second-order valence-corrected chi connectivity index (χ2v) is 7.01. The average molecular weight is 358 g/mol. The number of nitrogens with zero attached hydrogens (tertiary/aromatic N) is 2. The van der Waals surface area contributed by atoms with E-state index in [-0.39, 0.29) is 11.9 Å². The van der Waals surface area contributed by atoms with Crippen LogP contribution in [0, 0.1) is 11.7 Å². The third-order valence-corrected chi connectivity index (χ3v) is 4.63. The number of halogens is 2. The Hall–Kier alpha value is -0.490. The van der Waals surface area contributed by atoms with Gasteiger partial charge in [0, 0.05) is 45.3 Å². The molecule has 1 aromatic rings. The van der Waals surface area contributed by atoms with Crippen molar-refractivity contribution < 1.29 is 4.39 Å². The maximum absolute atomic E-state index is 13.4. The van der Waals surface area contributed by atoms with E-state index in [0.29, 0.717) is 16.9 Å². The van der Waals surface area contributed by atoms with E-state index in [9.17, 15) is 4.39 Å². The van der Waals surface area contributed by atoms with E-state index >= 15 is 0 Å². The molecule has 1 aliphatic rings. The molecule has 0 aromatic heterocycles. The molecule has 1 fully saturated rings. The molecule has 1 atom stereocenters. The minimum absolute atomic E-state index is 0.170. The van der Waals surface area contributed by atoms with Crippen LogP contribution < -0.4 is 5.73 Å². The van der Waals surface area contributed by atoms with Gasteiger partial charge in [0.05, 0.1) is 4.47 Å². The van der Waals surface area contributed by atoms with Crippen molar-refractivity contribution >= 4 is 15.9 Å². The Balaban J connectivity index is 2.00. The Labute approximate surface area is 135 Å². The zero-order valence-corrected chi connectivity index (χ0v) is 14.4. The van der Waals surface area contributed by atoms with Crippen LogP contribution in [0.2, 0.25) is 0 Å². The Morgan fingerprint density at radius 1 is 1.24 bits per heavy atom. The summed E-state index contributed by atoms with van der Waals surface area (Å²) in [5.74, 6) is 0.478. The topological polar surface area (TPSA) is 32.5 Å². The molecule has 0 amide bonds.